The number of carbonyl (C=O) groups excluding carboxylic acids is 1. The van der Waals surface area contributed by atoms with Gasteiger partial charge in [-0.25, -0.2) is 0 Å². The lowest BCUT2D eigenvalue weighted by Crippen LogP contribution is -2.48. The molecule has 22 heavy (non-hydrogen) atoms. The van der Waals surface area contributed by atoms with Crippen LogP contribution in [-0.2, 0) is 17.9 Å². The van der Waals surface area contributed by atoms with Crippen LogP contribution in [0.1, 0.15) is 49.6 Å². The van der Waals surface area contributed by atoms with Crippen LogP contribution in [0, 0.1) is 13.8 Å². The van der Waals surface area contributed by atoms with Gasteiger partial charge < -0.3 is 4.90 Å². The monoisotopic (exact) mass is 304 g/mol. The van der Waals surface area contributed by atoms with Crippen molar-refractivity contribution in [1.82, 2.24) is 19.6 Å². The molecular formula is C17H28N4O. The fraction of sp³-hybridized carbons (Fsp3) is 0.765. The molecule has 2 fully saturated rings. The van der Waals surface area contributed by atoms with Crippen LogP contribution in [-0.4, -0.2) is 51.2 Å². The molecule has 0 aromatic carbocycles. The molecule has 5 heteroatoms. The second-order valence-corrected chi connectivity index (χ2v) is 6.69. The molecule has 1 aromatic heterocycles. The minimum Gasteiger partial charge on any atom is -0.338 e. The lowest BCUT2D eigenvalue weighted by Gasteiger charge is -2.37. The van der Waals surface area contributed by atoms with E-state index in [9.17, 15) is 4.79 Å². The summed E-state index contributed by atoms with van der Waals surface area (Å²) < 4.78 is 2.09. The van der Waals surface area contributed by atoms with Crippen molar-refractivity contribution in [2.24, 2.45) is 0 Å². The van der Waals surface area contributed by atoms with E-state index in [-0.39, 0.29) is 0 Å². The molecule has 0 spiro atoms. The highest BCUT2D eigenvalue weighted by molar-refractivity contribution is 5.78. The number of hydrogen-bond acceptors (Lipinski definition) is 3. The van der Waals surface area contributed by atoms with Crippen molar-refractivity contribution < 1.29 is 4.79 Å². The molecule has 122 valence electrons. The Morgan fingerprint density at radius 2 is 2.05 bits per heavy atom. The van der Waals surface area contributed by atoms with Crippen LogP contribution in [0.2, 0.25) is 0 Å². The minimum absolute atomic E-state index is 0.359. The molecule has 3 rings (SSSR count). The van der Waals surface area contributed by atoms with Crippen molar-refractivity contribution in [2.75, 3.05) is 19.6 Å². The number of piperidine rings is 1. The second-order valence-electron chi connectivity index (χ2n) is 6.69. The van der Waals surface area contributed by atoms with Crippen molar-refractivity contribution >= 4 is 5.91 Å². The third-order valence-corrected chi connectivity index (χ3v) is 5.24. The number of amides is 1. The van der Waals surface area contributed by atoms with Gasteiger partial charge in [0.25, 0.3) is 0 Å². The largest absolute Gasteiger partial charge is 0.338 e. The number of hydrogen-bond donors (Lipinski definition) is 0. The standard InChI is InChI=1S/C17H28N4O/c1-4-21-14(3)16(13(2)18-21)12-19-9-5-7-15(11-19)20-10-6-8-17(20)22/h15H,4-12H2,1-3H3/t15-/m1/s1. The van der Waals surface area contributed by atoms with E-state index in [1.165, 1.54) is 17.7 Å². The minimum atomic E-state index is 0.359. The number of rotatable bonds is 4. The Morgan fingerprint density at radius 3 is 2.68 bits per heavy atom. The molecule has 0 radical (unpaired) electrons. The van der Waals surface area contributed by atoms with E-state index in [1.807, 2.05) is 0 Å². The third kappa shape index (κ3) is 2.91. The molecule has 2 aliphatic rings. The Bertz CT molecular complexity index is 551. The van der Waals surface area contributed by atoms with Crippen LogP contribution >= 0.6 is 0 Å². The Labute approximate surface area is 133 Å². The maximum atomic E-state index is 12.0. The van der Waals surface area contributed by atoms with E-state index in [4.69, 9.17) is 0 Å². The van der Waals surface area contributed by atoms with Gasteiger partial charge >= 0.3 is 0 Å². The first-order valence-electron chi connectivity index (χ1n) is 8.64. The molecule has 1 aromatic rings. The van der Waals surface area contributed by atoms with Gasteiger partial charge in [-0.3, -0.25) is 14.4 Å². The van der Waals surface area contributed by atoms with Crippen LogP contribution in [0.25, 0.3) is 0 Å². The maximum absolute atomic E-state index is 12.0. The van der Waals surface area contributed by atoms with Crippen LogP contribution in [0.4, 0.5) is 0 Å². The Kier molecular flexibility index (Phi) is 4.52. The van der Waals surface area contributed by atoms with Gasteiger partial charge in [0.2, 0.25) is 5.91 Å². The number of nitrogens with zero attached hydrogens (tertiary/aromatic N) is 4. The Balaban J connectivity index is 1.68. The first-order valence-corrected chi connectivity index (χ1v) is 8.64. The van der Waals surface area contributed by atoms with Gasteiger partial charge in [0, 0.05) is 49.9 Å². The van der Waals surface area contributed by atoms with Gasteiger partial charge in [-0.05, 0) is 46.6 Å². The van der Waals surface area contributed by atoms with Crippen molar-refractivity contribution in [2.45, 2.75) is 65.6 Å². The lowest BCUT2D eigenvalue weighted by molar-refractivity contribution is -0.130. The summed E-state index contributed by atoms with van der Waals surface area (Å²) >= 11 is 0. The van der Waals surface area contributed by atoms with E-state index < -0.39 is 0 Å². The van der Waals surface area contributed by atoms with E-state index in [1.54, 1.807) is 0 Å². The molecule has 0 unspecified atom stereocenters. The average molecular weight is 304 g/mol. The Hall–Kier alpha value is -1.36. The second kappa shape index (κ2) is 6.41. The van der Waals surface area contributed by atoms with E-state index in [0.717, 1.165) is 57.7 Å². The van der Waals surface area contributed by atoms with Gasteiger partial charge in [0.15, 0.2) is 0 Å². The smallest absolute Gasteiger partial charge is 0.222 e. The predicted molar refractivity (Wildman–Crippen MR) is 86.6 cm³/mol. The topological polar surface area (TPSA) is 41.4 Å². The summed E-state index contributed by atoms with van der Waals surface area (Å²) in [5, 5.41) is 4.63. The lowest BCUT2D eigenvalue weighted by atomic mass is 10.0. The van der Waals surface area contributed by atoms with E-state index in [2.05, 4.69) is 40.4 Å². The fourth-order valence-corrected chi connectivity index (χ4v) is 3.98. The molecule has 0 bridgehead atoms. The summed E-state index contributed by atoms with van der Waals surface area (Å²) in [5.41, 5.74) is 3.81. The van der Waals surface area contributed by atoms with Crippen molar-refractivity contribution in [3.8, 4) is 0 Å². The number of carbonyl (C=O) groups is 1. The van der Waals surface area contributed by atoms with Crippen molar-refractivity contribution in [3.63, 3.8) is 0 Å². The van der Waals surface area contributed by atoms with Gasteiger partial charge in [0.1, 0.15) is 0 Å². The highest BCUT2D eigenvalue weighted by atomic mass is 16.2. The zero-order chi connectivity index (χ0) is 15.7. The van der Waals surface area contributed by atoms with E-state index in [0.29, 0.717) is 11.9 Å². The molecule has 5 nitrogen and oxygen atoms in total. The molecule has 2 aliphatic heterocycles. The molecular weight excluding hydrogens is 276 g/mol. The summed E-state index contributed by atoms with van der Waals surface area (Å²) in [6.07, 6.45) is 4.14. The van der Waals surface area contributed by atoms with Gasteiger partial charge in [-0.15, -0.1) is 0 Å². The normalized spacial score (nSPS) is 23.5. The predicted octanol–water partition coefficient (Wildman–Crippen LogP) is 2.11. The molecule has 1 amide bonds. The van der Waals surface area contributed by atoms with Crippen LogP contribution in [0.15, 0.2) is 0 Å². The molecule has 0 N–H and O–H groups in total. The molecule has 3 heterocycles. The number of aromatic nitrogens is 2. The van der Waals surface area contributed by atoms with Crippen LogP contribution in [0.3, 0.4) is 0 Å². The highest BCUT2D eigenvalue weighted by Gasteiger charge is 2.31. The zero-order valence-electron chi connectivity index (χ0n) is 14.1. The van der Waals surface area contributed by atoms with Crippen LogP contribution < -0.4 is 0 Å². The molecule has 0 aliphatic carbocycles. The van der Waals surface area contributed by atoms with Crippen molar-refractivity contribution in [1.29, 1.82) is 0 Å². The summed E-state index contributed by atoms with van der Waals surface area (Å²) in [7, 11) is 0. The number of aryl methyl sites for hydroxylation is 2. The third-order valence-electron chi connectivity index (χ3n) is 5.24. The number of likely N-dealkylation sites (tertiary alicyclic amines) is 2. The van der Waals surface area contributed by atoms with Crippen LogP contribution in [0.5, 0.6) is 0 Å². The zero-order valence-corrected chi connectivity index (χ0v) is 14.1. The fourth-order valence-electron chi connectivity index (χ4n) is 3.98. The summed E-state index contributed by atoms with van der Waals surface area (Å²) in [6.45, 7) is 11.4. The van der Waals surface area contributed by atoms with Crippen molar-refractivity contribution in [3.05, 3.63) is 17.0 Å². The summed E-state index contributed by atoms with van der Waals surface area (Å²) in [6, 6.07) is 0.422. The van der Waals surface area contributed by atoms with Gasteiger partial charge in [0.05, 0.1) is 5.69 Å². The average Bonchev–Trinajstić information content (AvgIpc) is 3.06. The Morgan fingerprint density at radius 1 is 1.23 bits per heavy atom. The van der Waals surface area contributed by atoms with Gasteiger partial charge in [-0.2, -0.15) is 5.10 Å². The quantitative estimate of drug-likeness (QED) is 0.855. The maximum Gasteiger partial charge on any atom is 0.222 e. The molecule has 0 saturated carbocycles. The first kappa shape index (κ1) is 15.5. The summed E-state index contributed by atoms with van der Waals surface area (Å²) in [5.74, 6) is 0.359. The van der Waals surface area contributed by atoms with E-state index >= 15 is 0 Å². The molecule has 2 saturated heterocycles. The summed E-state index contributed by atoms with van der Waals surface area (Å²) in [4.78, 5) is 16.6. The first-order chi connectivity index (χ1) is 10.6. The molecule has 1 atom stereocenters. The SMILES string of the molecule is CCn1nc(C)c(CN2CCC[C@@H](N3CCCC3=O)C2)c1C. The highest BCUT2D eigenvalue weighted by Crippen LogP contribution is 2.24. The van der Waals surface area contributed by atoms with Gasteiger partial charge in [-0.1, -0.05) is 0 Å².